The maximum atomic E-state index is 13.4. The number of amides is 2. The molecule has 0 N–H and O–H groups in total. The number of carbonyl (C=O) groups is 2. The SMILES string of the molecule is CC.CC.O=C1c2ccccc2C(=O)N1CCc1cncn1Cc1cccc(F)c1. The van der Waals surface area contributed by atoms with Crippen LogP contribution in [0, 0.1) is 5.82 Å². The van der Waals surface area contributed by atoms with Gasteiger partial charge in [-0.1, -0.05) is 52.0 Å². The minimum Gasteiger partial charge on any atom is -0.330 e. The minimum atomic E-state index is -0.282. The monoisotopic (exact) mass is 409 g/mol. The van der Waals surface area contributed by atoms with Gasteiger partial charge < -0.3 is 4.57 Å². The molecule has 0 atom stereocenters. The van der Waals surface area contributed by atoms with Crippen molar-refractivity contribution >= 4 is 11.8 Å². The number of imidazole rings is 1. The standard InChI is InChI=1S/C20H16FN3O2.2C2H6/c21-15-5-3-4-14(10-15)12-23-13-22-11-16(23)8-9-24-19(25)17-6-1-2-7-18(17)20(24)26;2*1-2/h1-7,10-11,13H,8-9,12H2;2*1-2H3. The first-order valence-electron chi connectivity index (χ1n) is 10.3. The van der Waals surface area contributed by atoms with E-state index in [0.717, 1.165) is 11.3 Å². The molecule has 0 unspecified atom stereocenters. The van der Waals surface area contributed by atoms with Crippen molar-refractivity contribution in [3.8, 4) is 0 Å². The van der Waals surface area contributed by atoms with Crippen molar-refractivity contribution in [3.05, 3.63) is 89.3 Å². The van der Waals surface area contributed by atoms with Gasteiger partial charge in [0.2, 0.25) is 0 Å². The third-order valence-corrected chi connectivity index (χ3v) is 4.51. The molecule has 4 rings (SSSR count). The van der Waals surface area contributed by atoms with Crippen LogP contribution in [0.4, 0.5) is 4.39 Å². The molecule has 2 aromatic carbocycles. The summed E-state index contributed by atoms with van der Waals surface area (Å²) in [6, 6.07) is 13.2. The predicted octanol–water partition coefficient (Wildman–Crippen LogP) is 4.96. The molecule has 158 valence electrons. The van der Waals surface area contributed by atoms with E-state index in [0.29, 0.717) is 24.1 Å². The summed E-state index contributed by atoms with van der Waals surface area (Å²) in [5.41, 5.74) is 2.60. The molecule has 0 bridgehead atoms. The molecule has 3 aromatic rings. The summed E-state index contributed by atoms with van der Waals surface area (Å²) >= 11 is 0. The molecule has 30 heavy (non-hydrogen) atoms. The Morgan fingerprint density at radius 3 is 2.13 bits per heavy atom. The Morgan fingerprint density at radius 2 is 1.53 bits per heavy atom. The molecule has 1 aliphatic heterocycles. The van der Waals surface area contributed by atoms with Gasteiger partial charge in [0.15, 0.2) is 0 Å². The van der Waals surface area contributed by atoms with Crippen molar-refractivity contribution in [2.24, 2.45) is 0 Å². The average Bonchev–Trinajstić information content (AvgIpc) is 3.32. The van der Waals surface area contributed by atoms with E-state index >= 15 is 0 Å². The highest BCUT2D eigenvalue weighted by Crippen LogP contribution is 2.22. The second-order valence-electron chi connectivity index (χ2n) is 6.20. The second kappa shape index (κ2) is 11.0. The van der Waals surface area contributed by atoms with Gasteiger partial charge in [0.1, 0.15) is 5.82 Å². The summed E-state index contributed by atoms with van der Waals surface area (Å²) in [5.74, 6) is -0.807. The minimum absolute atomic E-state index is 0.262. The molecule has 2 amide bonds. The van der Waals surface area contributed by atoms with Crippen LogP contribution >= 0.6 is 0 Å². The Balaban J connectivity index is 0.000000757. The first-order valence-corrected chi connectivity index (χ1v) is 10.3. The summed E-state index contributed by atoms with van der Waals surface area (Å²) in [6.07, 6.45) is 3.86. The quantitative estimate of drug-likeness (QED) is 0.560. The van der Waals surface area contributed by atoms with E-state index in [9.17, 15) is 14.0 Å². The van der Waals surface area contributed by atoms with Crippen LogP contribution in [0.25, 0.3) is 0 Å². The number of nitrogens with zero attached hydrogens (tertiary/aromatic N) is 3. The zero-order chi connectivity index (χ0) is 22.1. The highest BCUT2D eigenvalue weighted by atomic mass is 19.1. The van der Waals surface area contributed by atoms with Gasteiger partial charge in [-0.25, -0.2) is 9.37 Å². The molecule has 5 nitrogen and oxygen atoms in total. The lowest BCUT2D eigenvalue weighted by Gasteiger charge is -2.14. The highest BCUT2D eigenvalue weighted by molar-refractivity contribution is 6.21. The van der Waals surface area contributed by atoms with E-state index in [2.05, 4.69) is 4.98 Å². The van der Waals surface area contributed by atoms with Crippen LogP contribution in [0.15, 0.2) is 61.1 Å². The molecule has 1 aliphatic rings. The highest BCUT2D eigenvalue weighted by Gasteiger charge is 2.34. The maximum absolute atomic E-state index is 13.4. The molecule has 1 aromatic heterocycles. The van der Waals surface area contributed by atoms with Crippen molar-refractivity contribution in [2.75, 3.05) is 6.54 Å². The summed E-state index contributed by atoms with van der Waals surface area (Å²) < 4.78 is 15.3. The lowest BCUT2D eigenvalue weighted by atomic mass is 10.1. The second-order valence-corrected chi connectivity index (χ2v) is 6.20. The van der Waals surface area contributed by atoms with E-state index in [4.69, 9.17) is 0 Å². The average molecular weight is 410 g/mol. The number of hydrogen-bond acceptors (Lipinski definition) is 3. The van der Waals surface area contributed by atoms with E-state index in [1.807, 2.05) is 38.3 Å². The first-order chi connectivity index (χ1) is 14.6. The van der Waals surface area contributed by atoms with Crippen LogP contribution in [0.1, 0.15) is 59.7 Å². The number of carbonyl (C=O) groups excluding carboxylic acids is 2. The van der Waals surface area contributed by atoms with E-state index < -0.39 is 0 Å². The summed E-state index contributed by atoms with van der Waals surface area (Å²) in [5, 5.41) is 0. The van der Waals surface area contributed by atoms with Crippen molar-refractivity contribution in [1.82, 2.24) is 14.5 Å². The third kappa shape index (κ3) is 5.00. The molecule has 6 heteroatoms. The Bertz CT molecular complexity index is 962. The van der Waals surface area contributed by atoms with Crippen molar-refractivity contribution < 1.29 is 14.0 Å². The zero-order valence-corrected chi connectivity index (χ0v) is 17.9. The van der Waals surface area contributed by atoms with E-state index in [1.165, 1.54) is 17.0 Å². The number of benzene rings is 2. The number of hydrogen-bond donors (Lipinski definition) is 0. The third-order valence-electron chi connectivity index (χ3n) is 4.51. The fourth-order valence-corrected chi connectivity index (χ4v) is 3.20. The number of imide groups is 1. The van der Waals surface area contributed by atoms with Crippen molar-refractivity contribution in [3.63, 3.8) is 0 Å². The number of aromatic nitrogens is 2. The Morgan fingerprint density at radius 1 is 0.900 bits per heavy atom. The van der Waals surface area contributed by atoms with Gasteiger partial charge in [0.25, 0.3) is 11.8 Å². The van der Waals surface area contributed by atoms with Crippen LogP contribution in [0.3, 0.4) is 0 Å². The Hall–Kier alpha value is -3.28. The Labute approximate surface area is 177 Å². The molecule has 0 fully saturated rings. The predicted molar refractivity (Wildman–Crippen MR) is 116 cm³/mol. The molecule has 0 spiro atoms. The number of rotatable bonds is 5. The van der Waals surface area contributed by atoms with Gasteiger partial charge in [0, 0.05) is 31.4 Å². The lowest BCUT2D eigenvalue weighted by molar-refractivity contribution is 0.0655. The van der Waals surface area contributed by atoms with Crippen LogP contribution in [0.2, 0.25) is 0 Å². The van der Waals surface area contributed by atoms with Crippen LogP contribution in [0.5, 0.6) is 0 Å². The summed E-state index contributed by atoms with van der Waals surface area (Å²) in [6.45, 7) is 8.76. The molecule has 0 saturated heterocycles. The Kier molecular flexibility index (Phi) is 8.47. The van der Waals surface area contributed by atoms with Gasteiger partial charge >= 0.3 is 0 Å². The summed E-state index contributed by atoms with van der Waals surface area (Å²) in [4.78, 5) is 30.3. The zero-order valence-electron chi connectivity index (χ0n) is 17.9. The summed E-state index contributed by atoms with van der Waals surface area (Å²) in [7, 11) is 0. The normalized spacial score (nSPS) is 12.0. The topological polar surface area (TPSA) is 55.2 Å². The number of halogens is 1. The van der Waals surface area contributed by atoms with Crippen LogP contribution in [-0.4, -0.2) is 32.8 Å². The van der Waals surface area contributed by atoms with Crippen LogP contribution in [-0.2, 0) is 13.0 Å². The molecule has 0 saturated carbocycles. The smallest absolute Gasteiger partial charge is 0.261 e. The van der Waals surface area contributed by atoms with Gasteiger partial charge in [-0.3, -0.25) is 14.5 Å². The van der Waals surface area contributed by atoms with Crippen molar-refractivity contribution in [1.29, 1.82) is 0 Å². The van der Waals surface area contributed by atoms with Crippen LogP contribution < -0.4 is 0 Å². The number of fused-ring (bicyclic) bond motifs is 1. The fourth-order valence-electron chi connectivity index (χ4n) is 3.20. The van der Waals surface area contributed by atoms with Gasteiger partial charge in [0.05, 0.1) is 17.5 Å². The van der Waals surface area contributed by atoms with Crippen molar-refractivity contribution in [2.45, 2.75) is 40.7 Å². The molecular formula is C24H28FN3O2. The molecule has 2 heterocycles. The van der Waals surface area contributed by atoms with E-state index in [-0.39, 0.29) is 24.2 Å². The molecule has 0 aliphatic carbocycles. The fraction of sp³-hybridized carbons (Fsp3) is 0.292. The van der Waals surface area contributed by atoms with Gasteiger partial charge in [-0.05, 0) is 29.8 Å². The first kappa shape index (κ1) is 23.0. The van der Waals surface area contributed by atoms with Gasteiger partial charge in [-0.2, -0.15) is 0 Å². The largest absolute Gasteiger partial charge is 0.330 e. The molecule has 0 radical (unpaired) electrons. The lowest BCUT2D eigenvalue weighted by Crippen LogP contribution is -2.32. The van der Waals surface area contributed by atoms with Gasteiger partial charge in [-0.15, -0.1) is 0 Å². The van der Waals surface area contributed by atoms with E-state index in [1.54, 1.807) is 42.9 Å². The maximum Gasteiger partial charge on any atom is 0.261 e. The molecular weight excluding hydrogens is 381 g/mol.